The molecule has 0 bridgehead atoms. The van der Waals surface area contributed by atoms with Crippen molar-refractivity contribution in [3.8, 4) is 16.3 Å². The van der Waals surface area contributed by atoms with Gasteiger partial charge in [0.25, 0.3) is 0 Å². The molecule has 1 heterocycles. The Morgan fingerprint density at radius 1 is 1.19 bits per heavy atom. The summed E-state index contributed by atoms with van der Waals surface area (Å²) < 4.78 is 44.3. The third kappa shape index (κ3) is 5.85. The first kappa shape index (κ1) is 22.8. The Labute approximate surface area is 182 Å². The smallest absolute Gasteiger partial charge is 0.416 e. The van der Waals surface area contributed by atoms with Gasteiger partial charge in [0.15, 0.2) is 0 Å². The molecule has 1 aromatic heterocycles. The van der Waals surface area contributed by atoms with Crippen molar-refractivity contribution in [2.75, 3.05) is 6.61 Å². The highest BCUT2D eigenvalue weighted by Crippen LogP contribution is 2.35. The maximum atomic E-state index is 12.8. The van der Waals surface area contributed by atoms with E-state index in [-0.39, 0.29) is 12.3 Å². The molecule has 1 N–H and O–H groups in total. The lowest BCUT2D eigenvalue weighted by atomic mass is 10.1. The molecule has 0 amide bonds. The Morgan fingerprint density at radius 3 is 2.52 bits per heavy atom. The van der Waals surface area contributed by atoms with E-state index in [0.29, 0.717) is 28.5 Å². The molecule has 0 aliphatic carbocycles. The molecule has 1 unspecified atom stereocenters. The molecule has 4 nitrogen and oxygen atoms in total. The van der Waals surface area contributed by atoms with Gasteiger partial charge in [-0.3, -0.25) is 4.79 Å². The van der Waals surface area contributed by atoms with Crippen LogP contribution in [0.5, 0.6) is 5.75 Å². The lowest BCUT2D eigenvalue weighted by Crippen LogP contribution is -2.09. The molecule has 2 aromatic carbocycles. The largest absolute Gasteiger partial charge is 0.493 e. The molecule has 0 fully saturated rings. The summed E-state index contributed by atoms with van der Waals surface area (Å²) in [7, 11) is 0. The molecule has 0 saturated heterocycles. The zero-order valence-electron chi connectivity index (χ0n) is 17.1. The minimum Gasteiger partial charge on any atom is -0.493 e. The van der Waals surface area contributed by atoms with Crippen LogP contribution in [0, 0.1) is 0 Å². The van der Waals surface area contributed by atoms with Gasteiger partial charge in [0.05, 0.1) is 24.3 Å². The average Bonchev–Trinajstić information content (AvgIpc) is 3.16. The van der Waals surface area contributed by atoms with Crippen LogP contribution in [0.25, 0.3) is 10.6 Å². The van der Waals surface area contributed by atoms with Crippen molar-refractivity contribution in [1.82, 2.24) is 4.98 Å². The van der Waals surface area contributed by atoms with Gasteiger partial charge in [-0.25, -0.2) is 4.98 Å². The van der Waals surface area contributed by atoms with Crippen LogP contribution >= 0.6 is 11.3 Å². The number of rotatable bonds is 8. The van der Waals surface area contributed by atoms with Gasteiger partial charge in [-0.05, 0) is 36.2 Å². The van der Waals surface area contributed by atoms with Gasteiger partial charge < -0.3 is 9.84 Å². The molecule has 3 rings (SSSR count). The predicted octanol–water partition coefficient (Wildman–Crippen LogP) is 6.20. The van der Waals surface area contributed by atoms with Crippen LogP contribution in [0.2, 0.25) is 0 Å². The van der Waals surface area contributed by atoms with Crippen LogP contribution in [0.4, 0.5) is 13.2 Å². The summed E-state index contributed by atoms with van der Waals surface area (Å²) in [4.78, 5) is 16.6. The van der Waals surface area contributed by atoms with Gasteiger partial charge in [0.2, 0.25) is 0 Å². The molecule has 31 heavy (non-hydrogen) atoms. The monoisotopic (exact) mass is 449 g/mol. The number of aliphatic carboxylic acids is 1. The lowest BCUT2D eigenvalue weighted by Gasteiger charge is -2.13. The molecular formula is C23H22F3NO3S. The standard InChI is InChI=1S/C23H22F3NO3S/c1-3-19-21(14(2)13-30-18-6-4-5-15(11-18)12-20(28)29)27-22(31-19)16-7-9-17(10-8-16)23(24,25)26/h4-11,14H,3,12-13H2,1-2H3,(H,28,29). The fourth-order valence-corrected chi connectivity index (χ4v) is 4.27. The molecule has 0 radical (unpaired) electrons. The van der Waals surface area contributed by atoms with E-state index < -0.39 is 17.7 Å². The van der Waals surface area contributed by atoms with Crippen molar-refractivity contribution >= 4 is 17.3 Å². The van der Waals surface area contributed by atoms with Gasteiger partial charge in [0.1, 0.15) is 10.8 Å². The van der Waals surface area contributed by atoms with Gasteiger partial charge in [0, 0.05) is 16.4 Å². The van der Waals surface area contributed by atoms with Gasteiger partial charge >= 0.3 is 12.1 Å². The Kier molecular flexibility index (Phi) is 7.00. The van der Waals surface area contributed by atoms with Crippen molar-refractivity contribution in [2.45, 2.75) is 38.8 Å². The predicted molar refractivity (Wildman–Crippen MR) is 114 cm³/mol. The van der Waals surface area contributed by atoms with E-state index in [1.807, 2.05) is 13.8 Å². The van der Waals surface area contributed by atoms with Gasteiger partial charge in [-0.15, -0.1) is 11.3 Å². The quantitative estimate of drug-likeness (QED) is 0.445. The number of nitrogens with zero attached hydrogens (tertiary/aromatic N) is 1. The fraction of sp³-hybridized carbons (Fsp3) is 0.304. The minimum absolute atomic E-state index is 0.0440. The molecule has 0 aliphatic rings. The zero-order valence-corrected chi connectivity index (χ0v) is 17.9. The molecule has 0 saturated carbocycles. The molecule has 164 valence electrons. The van der Waals surface area contributed by atoms with E-state index in [2.05, 4.69) is 0 Å². The second kappa shape index (κ2) is 9.51. The number of alkyl halides is 3. The number of thiazole rings is 1. The summed E-state index contributed by atoms with van der Waals surface area (Å²) in [6, 6.07) is 12.0. The van der Waals surface area contributed by atoms with Crippen molar-refractivity contribution in [3.05, 3.63) is 70.2 Å². The van der Waals surface area contributed by atoms with Gasteiger partial charge in [-0.2, -0.15) is 13.2 Å². The number of carbonyl (C=O) groups is 1. The number of hydrogen-bond acceptors (Lipinski definition) is 4. The SMILES string of the molecule is CCc1sc(-c2ccc(C(F)(F)F)cc2)nc1C(C)COc1cccc(CC(=O)O)c1. The highest BCUT2D eigenvalue weighted by molar-refractivity contribution is 7.15. The molecule has 3 aromatic rings. The fourth-order valence-electron chi connectivity index (χ4n) is 3.15. The molecule has 8 heteroatoms. The summed E-state index contributed by atoms with van der Waals surface area (Å²) in [5, 5.41) is 9.61. The van der Waals surface area contributed by atoms with Crippen LogP contribution in [0.3, 0.4) is 0 Å². The summed E-state index contributed by atoms with van der Waals surface area (Å²) >= 11 is 1.47. The molecule has 1 atom stereocenters. The zero-order chi connectivity index (χ0) is 22.6. The van der Waals surface area contributed by atoms with Crippen LogP contribution in [0.1, 0.15) is 41.5 Å². The second-order valence-electron chi connectivity index (χ2n) is 7.19. The number of carboxylic acid groups (broad SMARTS) is 1. The van der Waals surface area contributed by atoms with E-state index in [1.165, 1.54) is 23.5 Å². The molecular weight excluding hydrogens is 427 g/mol. The maximum absolute atomic E-state index is 12.8. The van der Waals surface area contributed by atoms with E-state index >= 15 is 0 Å². The summed E-state index contributed by atoms with van der Waals surface area (Å²) in [5.74, 6) is -0.365. The van der Waals surface area contributed by atoms with Crippen molar-refractivity contribution in [3.63, 3.8) is 0 Å². The topological polar surface area (TPSA) is 59.4 Å². The Hall–Kier alpha value is -2.87. The Bertz CT molecular complexity index is 1040. The summed E-state index contributed by atoms with van der Waals surface area (Å²) in [5.41, 5.74) is 1.48. The van der Waals surface area contributed by atoms with Crippen molar-refractivity contribution < 1.29 is 27.8 Å². The number of ether oxygens (including phenoxy) is 1. The van der Waals surface area contributed by atoms with Crippen molar-refractivity contribution in [1.29, 1.82) is 0 Å². The summed E-state index contributed by atoms with van der Waals surface area (Å²) in [6.45, 7) is 4.34. The van der Waals surface area contributed by atoms with Crippen LogP contribution < -0.4 is 4.74 Å². The lowest BCUT2D eigenvalue weighted by molar-refractivity contribution is -0.138. The van der Waals surface area contributed by atoms with Crippen LogP contribution in [0.15, 0.2) is 48.5 Å². The Balaban J connectivity index is 1.74. The summed E-state index contributed by atoms with van der Waals surface area (Å²) in [6.07, 6.45) is -3.68. The molecule has 0 aliphatic heterocycles. The second-order valence-corrected chi connectivity index (χ2v) is 8.27. The number of aryl methyl sites for hydroxylation is 1. The Morgan fingerprint density at radius 2 is 1.90 bits per heavy atom. The van der Waals surface area contributed by atoms with E-state index in [0.717, 1.165) is 29.1 Å². The van der Waals surface area contributed by atoms with Crippen LogP contribution in [-0.2, 0) is 23.8 Å². The van der Waals surface area contributed by atoms with Crippen LogP contribution in [-0.4, -0.2) is 22.7 Å². The first-order valence-corrected chi connectivity index (χ1v) is 10.6. The normalized spacial score (nSPS) is 12.5. The highest BCUT2D eigenvalue weighted by Gasteiger charge is 2.30. The number of halogens is 3. The molecule has 0 spiro atoms. The van der Waals surface area contributed by atoms with Crippen molar-refractivity contribution in [2.24, 2.45) is 0 Å². The highest BCUT2D eigenvalue weighted by atomic mass is 32.1. The van der Waals surface area contributed by atoms with Gasteiger partial charge in [-0.1, -0.05) is 38.1 Å². The third-order valence-electron chi connectivity index (χ3n) is 4.73. The minimum atomic E-state index is -4.37. The first-order valence-electron chi connectivity index (χ1n) is 9.78. The maximum Gasteiger partial charge on any atom is 0.416 e. The number of carboxylic acids is 1. The average molecular weight is 449 g/mol. The first-order chi connectivity index (χ1) is 14.7. The number of hydrogen-bond donors (Lipinski definition) is 1. The van der Waals surface area contributed by atoms with E-state index in [4.69, 9.17) is 14.8 Å². The number of benzene rings is 2. The van der Waals surface area contributed by atoms with E-state index in [9.17, 15) is 18.0 Å². The number of aromatic nitrogens is 1. The van der Waals surface area contributed by atoms with E-state index in [1.54, 1.807) is 24.3 Å². The third-order valence-corrected chi connectivity index (χ3v) is 5.99.